The van der Waals surface area contributed by atoms with E-state index < -0.39 is 0 Å². The number of rotatable bonds is 9. The lowest BCUT2D eigenvalue weighted by Gasteiger charge is -2.08. The zero-order valence-corrected chi connectivity index (χ0v) is 16.2. The van der Waals surface area contributed by atoms with Gasteiger partial charge in [0.1, 0.15) is 21.3 Å². The SMILES string of the molecule is Cc1nc(NCCCCCO)c2c(C)c(C(=O)OCC(C)C)sc2n1. The highest BCUT2D eigenvalue weighted by atomic mass is 32.1. The van der Waals surface area contributed by atoms with Gasteiger partial charge in [-0.05, 0) is 44.6 Å². The zero-order valence-electron chi connectivity index (χ0n) is 15.4. The molecule has 2 rings (SSSR count). The minimum absolute atomic E-state index is 0.225. The first-order valence-corrected chi connectivity index (χ1v) is 9.55. The normalized spacial score (nSPS) is 11.3. The number of esters is 1. The summed E-state index contributed by atoms with van der Waals surface area (Å²) in [6.07, 6.45) is 2.73. The summed E-state index contributed by atoms with van der Waals surface area (Å²) in [5, 5.41) is 13.1. The molecule has 0 unspecified atom stereocenters. The lowest BCUT2D eigenvalue weighted by Crippen LogP contribution is -2.10. The minimum Gasteiger partial charge on any atom is -0.461 e. The standard InChI is InChI=1S/C18H27N3O3S/c1-11(2)10-24-18(23)15-12(3)14-16(19-8-6-5-7-9-22)20-13(4)21-17(14)25-15/h11,22H,5-10H2,1-4H3,(H,19,20,21). The van der Waals surface area contributed by atoms with Crippen LogP contribution >= 0.6 is 11.3 Å². The van der Waals surface area contributed by atoms with Crippen LogP contribution < -0.4 is 5.32 Å². The van der Waals surface area contributed by atoms with Crippen LogP contribution in [0.4, 0.5) is 5.82 Å². The molecule has 0 aliphatic rings. The van der Waals surface area contributed by atoms with Crippen molar-refractivity contribution < 1.29 is 14.6 Å². The number of anilines is 1. The number of thiophene rings is 1. The Bertz CT molecular complexity index is 728. The van der Waals surface area contributed by atoms with Gasteiger partial charge in [0.05, 0.1) is 12.0 Å². The van der Waals surface area contributed by atoms with Gasteiger partial charge >= 0.3 is 5.97 Å². The average molecular weight is 365 g/mol. The molecule has 0 amide bonds. The molecule has 0 aliphatic heterocycles. The van der Waals surface area contributed by atoms with E-state index >= 15 is 0 Å². The molecule has 0 aliphatic carbocycles. The first kappa shape index (κ1) is 19.6. The number of hydrogen-bond acceptors (Lipinski definition) is 7. The second-order valence-electron chi connectivity index (χ2n) is 6.56. The average Bonchev–Trinajstić information content (AvgIpc) is 2.89. The number of aliphatic hydroxyl groups is 1. The molecule has 6 nitrogen and oxygen atoms in total. The van der Waals surface area contributed by atoms with Crippen molar-refractivity contribution in [3.8, 4) is 0 Å². The Labute approximate surface area is 152 Å². The predicted molar refractivity (Wildman–Crippen MR) is 101 cm³/mol. The first-order chi connectivity index (χ1) is 11.9. The summed E-state index contributed by atoms with van der Waals surface area (Å²) in [5.41, 5.74) is 0.867. The summed E-state index contributed by atoms with van der Waals surface area (Å²) < 4.78 is 5.37. The number of nitrogens with one attached hydrogen (secondary N) is 1. The summed E-state index contributed by atoms with van der Waals surface area (Å²) >= 11 is 1.36. The van der Waals surface area contributed by atoms with E-state index in [0.717, 1.165) is 47.4 Å². The predicted octanol–water partition coefficient (Wildman–Crippen LogP) is 3.70. The maximum absolute atomic E-state index is 12.4. The van der Waals surface area contributed by atoms with E-state index in [9.17, 15) is 4.79 Å². The van der Waals surface area contributed by atoms with Gasteiger partial charge in [0.25, 0.3) is 0 Å². The number of carbonyl (C=O) groups is 1. The number of unbranched alkanes of at least 4 members (excludes halogenated alkanes) is 2. The van der Waals surface area contributed by atoms with Crippen LogP contribution in [0.3, 0.4) is 0 Å². The van der Waals surface area contributed by atoms with Crippen molar-refractivity contribution >= 4 is 33.3 Å². The van der Waals surface area contributed by atoms with Crippen LogP contribution in [0.15, 0.2) is 0 Å². The van der Waals surface area contributed by atoms with Crippen molar-refractivity contribution in [1.82, 2.24) is 9.97 Å². The van der Waals surface area contributed by atoms with Crippen LogP contribution in [0.5, 0.6) is 0 Å². The van der Waals surface area contributed by atoms with Crippen molar-refractivity contribution in [3.05, 3.63) is 16.3 Å². The Kier molecular flexibility index (Phi) is 7.13. The van der Waals surface area contributed by atoms with Crippen molar-refractivity contribution in [2.45, 2.75) is 47.0 Å². The number of carbonyl (C=O) groups excluding carboxylic acids is 1. The van der Waals surface area contributed by atoms with Crippen molar-refractivity contribution in [2.75, 3.05) is 25.1 Å². The maximum Gasteiger partial charge on any atom is 0.348 e. The van der Waals surface area contributed by atoms with Crippen LogP contribution in [-0.2, 0) is 4.74 Å². The maximum atomic E-state index is 12.4. The van der Waals surface area contributed by atoms with Crippen molar-refractivity contribution in [1.29, 1.82) is 0 Å². The molecular weight excluding hydrogens is 338 g/mol. The molecule has 0 aromatic carbocycles. The summed E-state index contributed by atoms with van der Waals surface area (Å²) in [5.74, 6) is 1.45. The fourth-order valence-electron chi connectivity index (χ4n) is 2.50. The Morgan fingerprint density at radius 2 is 2.00 bits per heavy atom. The summed E-state index contributed by atoms with van der Waals surface area (Å²) in [6.45, 7) is 9.20. The minimum atomic E-state index is -0.291. The molecule has 2 heterocycles. The summed E-state index contributed by atoms with van der Waals surface area (Å²) in [6, 6.07) is 0. The molecule has 0 fully saturated rings. The molecule has 25 heavy (non-hydrogen) atoms. The number of fused-ring (bicyclic) bond motifs is 1. The first-order valence-electron chi connectivity index (χ1n) is 8.73. The van der Waals surface area contributed by atoms with Crippen LogP contribution in [0.2, 0.25) is 0 Å². The smallest absolute Gasteiger partial charge is 0.348 e. The molecule has 0 radical (unpaired) electrons. The van der Waals surface area contributed by atoms with E-state index in [4.69, 9.17) is 9.84 Å². The third-order valence-corrected chi connectivity index (χ3v) is 4.93. The summed E-state index contributed by atoms with van der Waals surface area (Å²) in [7, 11) is 0. The Hall–Kier alpha value is -1.73. The van der Waals surface area contributed by atoms with Gasteiger partial charge in [0.2, 0.25) is 0 Å². The van der Waals surface area contributed by atoms with Crippen LogP contribution in [0.1, 0.15) is 54.2 Å². The van der Waals surface area contributed by atoms with Gasteiger partial charge in [-0.3, -0.25) is 0 Å². The molecule has 138 valence electrons. The number of ether oxygens (including phenoxy) is 1. The molecule has 2 N–H and O–H groups in total. The number of aliphatic hydroxyl groups excluding tert-OH is 1. The number of hydrogen-bond donors (Lipinski definition) is 2. The molecule has 7 heteroatoms. The van der Waals surface area contributed by atoms with Crippen LogP contribution in [0.25, 0.3) is 10.2 Å². The fourth-order valence-corrected chi connectivity index (χ4v) is 3.62. The lowest BCUT2D eigenvalue weighted by atomic mass is 10.2. The third-order valence-electron chi connectivity index (χ3n) is 3.76. The molecule has 0 saturated heterocycles. The fraction of sp³-hybridized carbons (Fsp3) is 0.611. The van der Waals surface area contributed by atoms with E-state index in [0.29, 0.717) is 23.2 Å². The topological polar surface area (TPSA) is 84.3 Å². The number of nitrogens with zero attached hydrogens (tertiary/aromatic N) is 2. The molecular formula is C18H27N3O3S. The molecule has 0 spiro atoms. The van der Waals surface area contributed by atoms with E-state index in [-0.39, 0.29) is 12.6 Å². The van der Waals surface area contributed by atoms with Gasteiger partial charge in [-0.2, -0.15) is 0 Å². The Balaban J connectivity index is 2.23. The van der Waals surface area contributed by atoms with Gasteiger partial charge in [0.15, 0.2) is 0 Å². The highest BCUT2D eigenvalue weighted by Crippen LogP contribution is 2.34. The second kappa shape index (κ2) is 9.10. The van der Waals surface area contributed by atoms with Crippen LogP contribution in [0, 0.1) is 19.8 Å². The van der Waals surface area contributed by atoms with Gasteiger partial charge in [-0.25, -0.2) is 14.8 Å². The molecule has 2 aromatic heterocycles. The molecule has 0 bridgehead atoms. The van der Waals surface area contributed by atoms with Crippen molar-refractivity contribution in [2.24, 2.45) is 5.92 Å². The van der Waals surface area contributed by atoms with Gasteiger partial charge < -0.3 is 15.2 Å². The van der Waals surface area contributed by atoms with E-state index in [2.05, 4.69) is 15.3 Å². The zero-order chi connectivity index (χ0) is 18.4. The molecule has 0 saturated carbocycles. The van der Waals surface area contributed by atoms with Gasteiger partial charge in [-0.1, -0.05) is 13.8 Å². The highest BCUT2D eigenvalue weighted by Gasteiger charge is 2.21. The van der Waals surface area contributed by atoms with Gasteiger partial charge in [0, 0.05) is 13.2 Å². The second-order valence-corrected chi connectivity index (χ2v) is 7.56. The summed E-state index contributed by atoms with van der Waals surface area (Å²) in [4.78, 5) is 22.8. The van der Waals surface area contributed by atoms with E-state index in [1.54, 1.807) is 0 Å². The largest absolute Gasteiger partial charge is 0.461 e. The highest BCUT2D eigenvalue weighted by molar-refractivity contribution is 7.20. The number of aryl methyl sites for hydroxylation is 2. The quantitative estimate of drug-likeness (QED) is 0.521. The van der Waals surface area contributed by atoms with E-state index in [1.807, 2.05) is 27.7 Å². The van der Waals surface area contributed by atoms with Gasteiger partial charge in [-0.15, -0.1) is 11.3 Å². The lowest BCUT2D eigenvalue weighted by molar-refractivity contribution is 0.0464. The molecule has 0 atom stereocenters. The van der Waals surface area contributed by atoms with E-state index in [1.165, 1.54) is 11.3 Å². The Morgan fingerprint density at radius 1 is 1.24 bits per heavy atom. The molecule has 2 aromatic rings. The van der Waals surface area contributed by atoms with Crippen LogP contribution in [-0.4, -0.2) is 40.8 Å². The third kappa shape index (κ3) is 5.12. The Morgan fingerprint density at radius 3 is 2.68 bits per heavy atom. The number of aromatic nitrogens is 2. The van der Waals surface area contributed by atoms with Crippen molar-refractivity contribution in [3.63, 3.8) is 0 Å². The monoisotopic (exact) mass is 365 g/mol.